The lowest BCUT2D eigenvalue weighted by Crippen LogP contribution is -2.54. The molecule has 4 rings (SSSR count). The number of urea groups is 1. The number of barbiturate groups is 1. The maximum absolute atomic E-state index is 13.3. The fourth-order valence-electron chi connectivity index (χ4n) is 3.35. The number of amides is 4. The molecule has 0 spiro atoms. The first-order valence-corrected chi connectivity index (χ1v) is 12.5. The van der Waals surface area contributed by atoms with E-state index in [-0.39, 0.29) is 12.2 Å². The van der Waals surface area contributed by atoms with Crippen LogP contribution in [-0.4, -0.2) is 17.8 Å². The zero-order valence-electron chi connectivity index (χ0n) is 17.8. The fraction of sp³-hybridized carbons (Fsp3) is 0.0800. The van der Waals surface area contributed by atoms with E-state index in [1.54, 1.807) is 36.4 Å². The van der Waals surface area contributed by atoms with Crippen LogP contribution in [-0.2, 0) is 16.2 Å². The van der Waals surface area contributed by atoms with Crippen LogP contribution in [0.25, 0.3) is 6.08 Å². The first kappa shape index (κ1) is 24.4. The van der Waals surface area contributed by atoms with E-state index >= 15 is 0 Å². The topological polar surface area (TPSA) is 75.7 Å². The molecule has 1 aliphatic rings. The minimum Gasteiger partial charge on any atom is -0.488 e. The summed E-state index contributed by atoms with van der Waals surface area (Å²) in [6.45, 7) is 2.13. The van der Waals surface area contributed by atoms with E-state index in [0.29, 0.717) is 17.0 Å². The maximum atomic E-state index is 13.3. The molecule has 0 bridgehead atoms. The molecule has 6 nitrogen and oxygen atoms in total. The number of ether oxygens (including phenoxy) is 1. The van der Waals surface area contributed by atoms with Crippen molar-refractivity contribution in [3.63, 3.8) is 0 Å². The quantitative estimate of drug-likeness (QED) is 0.252. The monoisotopic (exact) mass is 646 g/mol. The van der Waals surface area contributed by atoms with Crippen LogP contribution in [0.2, 0.25) is 0 Å². The number of benzene rings is 3. The predicted molar refractivity (Wildman–Crippen MR) is 140 cm³/mol. The van der Waals surface area contributed by atoms with Gasteiger partial charge in [0.2, 0.25) is 0 Å². The van der Waals surface area contributed by atoms with Crippen molar-refractivity contribution in [1.82, 2.24) is 5.32 Å². The van der Waals surface area contributed by atoms with Crippen LogP contribution >= 0.6 is 47.8 Å². The van der Waals surface area contributed by atoms with Crippen LogP contribution in [0.4, 0.5) is 10.5 Å². The Morgan fingerprint density at radius 1 is 0.941 bits per heavy atom. The van der Waals surface area contributed by atoms with Crippen LogP contribution in [0, 0.1) is 6.92 Å². The molecule has 0 saturated carbocycles. The molecule has 172 valence electrons. The fourth-order valence-corrected chi connectivity index (χ4v) is 4.37. The zero-order valence-corrected chi connectivity index (χ0v) is 22.5. The Morgan fingerprint density at radius 3 is 2.44 bits per heavy atom. The Morgan fingerprint density at radius 2 is 1.71 bits per heavy atom. The second-order valence-corrected chi connectivity index (χ2v) is 10.1. The van der Waals surface area contributed by atoms with Gasteiger partial charge in [-0.15, -0.1) is 0 Å². The summed E-state index contributed by atoms with van der Waals surface area (Å²) in [6.07, 6.45) is 1.43. The van der Waals surface area contributed by atoms with E-state index < -0.39 is 17.8 Å². The average molecular weight is 649 g/mol. The summed E-state index contributed by atoms with van der Waals surface area (Å²) in [5, 5.41) is 2.25. The van der Waals surface area contributed by atoms with E-state index in [1.165, 1.54) is 6.08 Å². The van der Waals surface area contributed by atoms with Gasteiger partial charge in [0.25, 0.3) is 11.8 Å². The van der Waals surface area contributed by atoms with E-state index in [2.05, 4.69) is 53.1 Å². The van der Waals surface area contributed by atoms with Crippen LogP contribution < -0.4 is 15.0 Å². The lowest BCUT2D eigenvalue weighted by molar-refractivity contribution is -0.122. The molecule has 0 radical (unpaired) electrons. The Labute approximate surface area is 221 Å². The van der Waals surface area contributed by atoms with Crippen molar-refractivity contribution >= 4 is 77.4 Å². The van der Waals surface area contributed by atoms with Crippen LogP contribution in [0.15, 0.2) is 79.7 Å². The third-order valence-corrected chi connectivity index (χ3v) is 7.27. The van der Waals surface area contributed by atoms with Crippen molar-refractivity contribution < 1.29 is 19.1 Å². The van der Waals surface area contributed by atoms with Crippen LogP contribution in [0.3, 0.4) is 0 Å². The summed E-state index contributed by atoms with van der Waals surface area (Å²) < 4.78 is 8.50. The molecule has 0 atom stereocenters. The summed E-state index contributed by atoms with van der Waals surface area (Å²) in [6, 6.07) is 17.2. The van der Waals surface area contributed by atoms with Crippen molar-refractivity contribution in [2.45, 2.75) is 13.5 Å². The Balaban J connectivity index is 1.69. The number of hydrogen-bond donors (Lipinski definition) is 1. The molecule has 1 aliphatic heterocycles. The van der Waals surface area contributed by atoms with Crippen molar-refractivity contribution in [2.24, 2.45) is 0 Å². The average Bonchev–Trinajstić information content (AvgIpc) is 2.79. The summed E-state index contributed by atoms with van der Waals surface area (Å²) in [7, 11) is 0. The van der Waals surface area contributed by atoms with Gasteiger partial charge >= 0.3 is 6.03 Å². The Kier molecular flexibility index (Phi) is 7.35. The van der Waals surface area contributed by atoms with Gasteiger partial charge in [-0.3, -0.25) is 14.9 Å². The largest absolute Gasteiger partial charge is 0.488 e. The highest BCUT2D eigenvalue weighted by atomic mass is 79.9. The lowest BCUT2D eigenvalue weighted by atomic mass is 10.1. The van der Waals surface area contributed by atoms with Gasteiger partial charge in [0.05, 0.1) is 5.69 Å². The van der Waals surface area contributed by atoms with Gasteiger partial charge in [0.1, 0.15) is 17.9 Å². The second kappa shape index (κ2) is 10.2. The van der Waals surface area contributed by atoms with Gasteiger partial charge in [-0.2, -0.15) is 0 Å². The number of hydrogen-bond acceptors (Lipinski definition) is 4. The van der Waals surface area contributed by atoms with Crippen LogP contribution in [0.5, 0.6) is 5.75 Å². The smallest absolute Gasteiger partial charge is 0.335 e. The summed E-state index contributed by atoms with van der Waals surface area (Å²) in [5.41, 5.74) is 2.49. The second-order valence-electron chi connectivity index (χ2n) is 7.45. The van der Waals surface area contributed by atoms with Gasteiger partial charge in [-0.05, 0) is 61.0 Å². The lowest BCUT2D eigenvalue weighted by Gasteiger charge is -2.27. The minimum absolute atomic E-state index is 0.177. The van der Waals surface area contributed by atoms with Gasteiger partial charge in [-0.25, -0.2) is 9.69 Å². The van der Waals surface area contributed by atoms with E-state index in [9.17, 15) is 14.4 Å². The molecule has 34 heavy (non-hydrogen) atoms. The SMILES string of the molecule is Cc1cc(N2C(=O)NC(=O)/C(=C/c3cc(Br)ccc3OCc3ccccc3Br)C2=O)ccc1Br. The molecular formula is C25H17Br3N2O4. The molecule has 0 aliphatic carbocycles. The van der Waals surface area contributed by atoms with Crippen molar-refractivity contribution in [1.29, 1.82) is 0 Å². The maximum Gasteiger partial charge on any atom is 0.335 e. The summed E-state index contributed by atoms with van der Waals surface area (Å²) in [5.74, 6) is -1.00. The highest BCUT2D eigenvalue weighted by Crippen LogP contribution is 2.30. The number of carbonyl (C=O) groups excluding carboxylic acids is 3. The molecular weight excluding hydrogens is 632 g/mol. The van der Waals surface area contributed by atoms with Gasteiger partial charge in [-0.1, -0.05) is 66.0 Å². The number of anilines is 1. The number of carbonyl (C=O) groups is 3. The highest BCUT2D eigenvalue weighted by Gasteiger charge is 2.37. The van der Waals surface area contributed by atoms with E-state index in [0.717, 1.165) is 29.4 Å². The number of nitrogens with one attached hydrogen (secondary N) is 1. The molecule has 3 aromatic carbocycles. The molecule has 9 heteroatoms. The normalized spacial score (nSPS) is 15.0. The predicted octanol–water partition coefficient (Wildman–Crippen LogP) is 6.53. The number of aryl methyl sites for hydroxylation is 1. The number of imide groups is 2. The van der Waals surface area contributed by atoms with E-state index in [4.69, 9.17) is 4.74 Å². The first-order valence-electron chi connectivity index (χ1n) is 10.1. The highest BCUT2D eigenvalue weighted by molar-refractivity contribution is 9.11. The van der Waals surface area contributed by atoms with Gasteiger partial charge in [0, 0.05) is 24.5 Å². The van der Waals surface area contributed by atoms with Crippen molar-refractivity contribution in [3.05, 3.63) is 96.3 Å². The number of nitrogens with zero attached hydrogens (tertiary/aromatic N) is 1. The Bertz CT molecular complexity index is 1350. The summed E-state index contributed by atoms with van der Waals surface area (Å²) in [4.78, 5) is 39.4. The molecule has 0 aromatic heterocycles. The molecule has 4 amide bonds. The van der Waals surface area contributed by atoms with Gasteiger partial charge in [0.15, 0.2) is 0 Å². The molecule has 3 aromatic rings. The molecule has 0 unspecified atom stereocenters. The number of halogens is 3. The molecule has 1 N–H and O–H groups in total. The van der Waals surface area contributed by atoms with Crippen LogP contribution in [0.1, 0.15) is 16.7 Å². The zero-order chi connectivity index (χ0) is 24.4. The van der Waals surface area contributed by atoms with Gasteiger partial charge < -0.3 is 4.74 Å². The molecule has 1 saturated heterocycles. The standard InChI is InChI=1S/C25H17Br3N2O4/c1-14-10-18(7-8-20(14)27)30-24(32)19(23(31)29-25(30)33)12-16-11-17(26)6-9-22(16)34-13-15-4-2-3-5-21(15)28/h2-12H,13H2,1H3,(H,29,31,33)/b19-12-. The van der Waals surface area contributed by atoms with Crippen molar-refractivity contribution in [3.8, 4) is 5.75 Å². The first-order chi connectivity index (χ1) is 16.2. The van der Waals surface area contributed by atoms with Crippen molar-refractivity contribution in [2.75, 3.05) is 4.90 Å². The third kappa shape index (κ3) is 5.16. The third-order valence-electron chi connectivity index (χ3n) is 5.11. The Hall–Kier alpha value is -2.75. The van der Waals surface area contributed by atoms with E-state index in [1.807, 2.05) is 31.2 Å². The molecule has 1 fully saturated rings. The summed E-state index contributed by atoms with van der Waals surface area (Å²) >= 11 is 10.3. The minimum atomic E-state index is -0.798. The number of rotatable bonds is 5. The molecule has 1 heterocycles.